The normalized spacial score (nSPS) is 11.8. The Kier molecular flexibility index (Phi) is 6.27. The minimum atomic E-state index is -0.151. The average molecular weight is 410 g/mol. The second-order valence-corrected chi connectivity index (χ2v) is 7.57. The first-order chi connectivity index (χ1) is 15.2. The fraction of sp³-hybridized carbons (Fsp3) is 0.185. The van der Waals surface area contributed by atoms with Crippen molar-refractivity contribution < 1.29 is 4.79 Å². The lowest BCUT2D eigenvalue weighted by atomic mass is 10.0. The summed E-state index contributed by atoms with van der Waals surface area (Å²) in [5, 5.41) is 3.19. The number of hydrogen-bond donors (Lipinski definition) is 2. The monoisotopic (exact) mass is 409 g/mol. The average Bonchev–Trinajstić information content (AvgIpc) is 3.29. The maximum atomic E-state index is 13.4. The second kappa shape index (κ2) is 9.43. The summed E-state index contributed by atoms with van der Waals surface area (Å²) in [6.45, 7) is 4.20. The fourth-order valence-electron chi connectivity index (χ4n) is 3.75. The first-order valence-corrected chi connectivity index (χ1v) is 10.8. The summed E-state index contributed by atoms with van der Waals surface area (Å²) in [7, 11) is 0. The second-order valence-electron chi connectivity index (χ2n) is 7.57. The van der Waals surface area contributed by atoms with Crippen LogP contribution in [0.25, 0.3) is 22.6 Å². The number of H-pyrrole nitrogens is 1. The van der Waals surface area contributed by atoms with Crippen LogP contribution in [0, 0.1) is 0 Å². The number of carbonyl (C=O) groups is 1. The number of aromatic nitrogens is 2. The summed E-state index contributed by atoms with van der Waals surface area (Å²) in [5.74, 6) is 0.540. The molecule has 31 heavy (non-hydrogen) atoms. The Labute approximate surface area is 183 Å². The zero-order chi connectivity index (χ0) is 21.6. The number of nitrogens with one attached hydrogen (secondary N) is 2. The lowest BCUT2D eigenvalue weighted by Gasteiger charge is -2.17. The lowest BCUT2D eigenvalue weighted by molar-refractivity contribution is 0.0932. The van der Waals surface area contributed by atoms with Crippen molar-refractivity contribution in [2.24, 2.45) is 0 Å². The predicted octanol–water partition coefficient (Wildman–Crippen LogP) is 6.19. The summed E-state index contributed by atoms with van der Waals surface area (Å²) in [6, 6.07) is 28.1. The molecule has 1 heterocycles. The maximum absolute atomic E-state index is 13.4. The Bertz CT molecular complexity index is 1150. The van der Waals surface area contributed by atoms with Gasteiger partial charge in [-0.15, -0.1) is 0 Å². The molecule has 1 unspecified atom stereocenters. The number of aromatic amines is 1. The quantitative estimate of drug-likeness (QED) is 0.382. The van der Waals surface area contributed by atoms with E-state index in [9.17, 15) is 4.79 Å². The van der Waals surface area contributed by atoms with Crippen LogP contribution in [0.15, 0.2) is 84.9 Å². The van der Waals surface area contributed by atoms with Crippen LogP contribution in [-0.2, 0) is 6.42 Å². The fourth-order valence-corrected chi connectivity index (χ4v) is 3.75. The van der Waals surface area contributed by atoms with E-state index in [1.54, 1.807) is 0 Å². The highest BCUT2D eigenvalue weighted by molar-refractivity contribution is 5.99. The van der Waals surface area contributed by atoms with Gasteiger partial charge in [-0.25, -0.2) is 4.98 Å². The number of rotatable bonds is 7. The van der Waals surface area contributed by atoms with Crippen LogP contribution in [0.4, 0.5) is 0 Å². The number of amides is 1. The molecule has 0 fully saturated rings. The van der Waals surface area contributed by atoms with E-state index in [1.165, 1.54) is 5.56 Å². The molecule has 0 saturated heterocycles. The summed E-state index contributed by atoms with van der Waals surface area (Å²) in [4.78, 5) is 21.5. The van der Waals surface area contributed by atoms with Crippen molar-refractivity contribution >= 4 is 5.91 Å². The van der Waals surface area contributed by atoms with Crippen LogP contribution < -0.4 is 5.32 Å². The van der Waals surface area contributed by atoms with E-state index < -0.39 is 0 Å². The van der Waals surface area contributed by atoms with Crippen molar-refractivity contribution in [2.45, 2.75) is 32.7 Å². The third-order valence-corrected chi connectivity index (χ3v) is 5.50. The van der Waals surface area contributed by atoms with Crippen LogP contribution in [0.3, 0.4) is 0 Å². The Hall–Kier alpha value is -3.66. The zero-order valence-electron chi connectivity index (χ0n) is 17.9. The van der Waals surface area contributed by atoms with E-state index in [4.69, 9.17) is 4.98 Å². The van der Waals surface area contributed by atoms with Crippen molar-refractivity contribution in [3.63, 3.8) is 0 Å². The molecule has 0 aliphatic rings. The van der Waals surface area contributed by atoms with Crippen molar-refractivity contribution in [2.75, 3.05) is 0 Å². The molecular weight excluding hydrogens is 382 g/mol. The van der Waals surface area contributed by atoms with Gasteiger partial charge >= 0.3 is 0 Å². The zero-order valence-corrected chi connectivity index (χ0v) is 17.9. The number of carbonyl (C=O) groups excluding carboxylic acids is 1. The molecule has 0 bridgehead atoms. The van der Waals surface area contributed by atoms with E-state index >= 15 is 0 Å². The van der Waals surface area contributed by atoms with E-state index in [0.29, 0.717) is 17.2 Å². The largest absolute Gasteiger partial charge is 0.344 e. The predicted molar refractivity (Wildman–Crippen MR) is 126 cm³/mol. The lowest BCUT2D eigenvalue weighted by Crippen LogP contribution is -2.28. The molecule has 1 amide bonds. The van der Waals surface area contributed by atoms with Crippen molar-refractivity contribution in [1.29, 1.82) is 0 Å². The van der Waals surface area contributed by atoms with Crippen LogP contribution in [0.5, 0.6) is 0 Å². The molecule has 4 aromatic rings. The first kappa shape index (κ1) is 20.6. The highest BCUT2D eigenvalue weighted by Crippen LogP contribution is 2.28. The van der Waals surface area contributed by atoms with E-state index in [1.807, 2.05) is 72.8 Å². The molecule has 0 aliphatic heterocycles. The van der Waals surface area contributed by atoms with Crippen LogP contribution in [0.2, 0.25) is 0 Å². The highest BCUT2D eigenvalue weighted by atomic mass is 16.2. The Morgan fingerprint density at radius 2 is 1.58 bits per heavy atom. The van der Waals surface area contributed by atoms with E-state index in [-0.39, 0.29) is 11.9 Å². The molecule has 0 aliphatic carbocycles. The molecule has 4 heteroatoms. The van der Waals surface area contributed by atoms with Gasteiger partial charge in [-0.1, -0.05) is 92.7 Å². The molecule has 1 atom stereocenters. The van der Waals surface area contributed by atoms with Crippen LogP contribution in [-0.4, -0.2) is 15.9 Å². The molecule has 0 saturated carbocycles. The van der Waals surface area contributed by atoms with Gasteiger partial charge in [-0.05, 0) is 30.0 Å². The van der Waals surface area contributed by atoms with Gasteiger partial charge in [-0.2, -0.15) is 0 Å². The molecule has 3 aromatic carbocycles. The minimum absolute atomic E-state index is 0.0630. The molecule has 1 aromatic heterocycles. The van der Waals surface area contributed by atoms with Crippen molar-refractivity contribution in [3.05, 3.63) is 102 Å². The Morgan fingerprint density at radius 3 is 2.26 bits per heavy atom. The molecule has 0 spiro atoms. The number of benzene rings is 3. The molecule has 2 N–H and O–H groups in total. The number of aryl methyl sites for hydroxylation is 1. The molecule has 4 rings (SSSR count). The summed E-state index contributed by atoms with van der Waals surface area (Å²) >= 11 is 0. The Balaban J connectivity index is 1.74. The Morgan fingerprint density at radius 1 is 0.903 bits per heavy atom. The topological polar surface area (TPSA) is 57.8 Å². The molecule has 0 radical (unpaired) electrons. The highest BCUT2D eigenvalue weighted by Gasteiger charge is 2.22. The van der Waals surface area contributed by atoms with Gasteiger partial charge < -0.3 is 10.3 Å². The standard InChI is InChI=1S/C27H27N3O/c1-3-19-12-11-17-22(18-19)24-25(30-26(29-24)21-15-9-6-10-16-21)27(31)28-23(4-2)20-13-7-5-8-14-20/h5-18,23H,3-4H2,1-2H3,(H,28,31)(H,29,30). The summed E-state index contributed by atoms with van der Waals surface area (Å²) < 4.78 is 0. The van der Waals surface area contributed by atoms with Gasteiger partial charge in [0.25, 0.3) is 5.91 Å². The van der Waals surface area contributed by atoms with Gasteiger partial charge in [0.2, 0.25) is 0 Å². The van der Waals surface area contributed by atoms with Gasteiger partial charge in [0.05, 0.1) is 6.04 Å². The third-order valence-electron chi connectivity index (χ3n) is 5.50. The first-order valence-electron chi connectivity index (χ1n) is 10.8. The van der Waals surface area contributed by atoms with E-state index in [0.717, 1.165) is 29.5 Å². The van der Waals surface area contributed by atoms with Crippen LogP contribution in [0.1, 0.15) is 47.9 Å². The molecule has 156 valence electrons. The molecular formula is C27H27N3O. The van der Waals surface area contributed by atoms with Crippen molar-refractivity contribution in [3.8, 4) is 22.6 Å². The number of imidazole rings is 1. The number of nitrogens with zero attached hydrogens (tertiary/aromatic N) is 1. The molecule has 4 nitrogen and oxygen atoms in total. The summed E-state index contributed by atoms with van der Waals surface area (Å²) in [6.07, 6.45) is 1.73. The smallest absolute Gasteiger partial charge is 0.270 e. The van der Waals surface area contributed by atoms with Gasteiger partial charge in [0.15, 0.2) is 0 Å². The van der Waals surface area contributed by atoms with Gasteiger partial charge in [-0.3, -0.25) is 4.79 Å². The SMILES string of the molecule is CCc1cccc(-c2nc(-c3ccccc3)[nH]c2C(=O)NC(CC)c2ccccc2)c1. The summed E-state index contributed by atoms with van der Waals surface area (Å²) in [5.41, 5.74) is 5.36. The van der Waals surface area contributed by atoms with Gasteiger partial charge in [0, 0.05) is 11.1 Å². The van der Waals surface area contributed by atoms with Crippen LogP contribution >= 0.6 is 0 Å². The third kappa shape index (κ3) is 4.58. The van der Waals surface area contributed by atoms with Gasteiger partial charge in [0.1, 0.15) is 17.2 Å². The maximum Gasteiger partial charge on any atom is 0.270 e. The number of hydrogen-bond acceptors (Lipinski definition) is 2. The van der Waals surface area contributed by atoms with E-state index in [2.05, 4.69) is 36.3 Å². The van der Waals surface area contributed by atoms with Crippen molar-refractivity contribution in [1.82, 2.24) is 15.3 Å². The minimum Gasteiger partial charge on any atom is -0.344 e.